The summed E-state index contributed by atoms with van der Waals surface area (Å²) in [5.74, 6) is -3.26. The Hall–Kier alpha value is -5.82. The van der Waals surface area contributed by atoms with Gasteiger partial charge in [-0.1, -0.05) is 65.7 Å². The smallest absolute Gasteiger partial charge is 0.222 e. The first kappa shape index (κ1) is 102. The maximum atomic E-state index is 14.0. The van der Waals surface area contributed by atoms with Gasteiger partial charge in [-0.2, -0.15) is 0 Å². The zero-order valence-electron chi connectivity index (χ0n) is 68.1. The molecule has 6 unspecified atom stereocenters. The molecule has 0 radical (unpaired) electrons. The van der Waals surface area contributed by atoms with Gasteiger partial charge in [0.05, 0.1) is 59.5 Å². The maximum Gasteiger partial charge on any atom is 0.222 e. The highest BCUT2D eigenvalue weighted by Crippen LogP contribution is 2.27. The topological polar surface area (TPSA) is 544 Å². The number of carbonyl (C=O) groups is 10. The molecule has 0 bridgehead atoms. The predicted octanol–water partition coefficient (Wildman–Crippen LogP) is -1.50. The first-order chi connectivity index (χ1) is 54.4. The molecule has 37 heteroatoms. The molecule has 15 atom stereocenters. The summed E-state index contributed by atoms with van der Waals surface area (Å²) in [6.07, 6.45) is -1.12. The van der Waals surface area contributed by atoms with E-state index in [-0.39, 0.29) is 185 Å². The fraction of sp³-hybridized carbons (Fsp3) is 0.870. The lowest BCUT2D eigenvalue weighted by Crippen LogP contribution is -2.64. The van der Waals surface area contributed by atoms with Gasteiger partial charge in [0.2, 0.25) is 53.2 Å². The van der Waals surface area contributed by atoms with Crippen LogP contribution in [0.2, 0.25) is 0 Å². The fourth-order valence-electron chi connectivity index (χ4n) is 12.9. The van der Waals surface area contributed by atoms with Gasteiger partial charge >= 0.3 is 0 Å². The van der Waals surface area contributed by atoms with Crippen LogP contribution in [0.5, 0.6) is 0 Å². The zero-order chi connectivity index (χ0) is 84.3. The predicted molar refractivity (Wildman–Crippen MR) is 411 cm³/mol. The van der Waals surface area contributed by atoms with Crippen LogP contribution in [0, 0.1) is 5.41 Å². The summed E-state index contributed by atoms with van der Waals surface area (Å²) in [6, 6.07) is -3.25. The number of rotatable bonds is 63. The minimum atomic E-state index is -1.45. The zero-order valence-corrected chi connectivity index (χ0v) is 68.1. The molecule has 3 fully saturated rings. The fourth-order valence-corrected chi connectivity index (χ4v) is 12.9. The molecule has 3 aliphatic rings. The number of ether oxygens (including phenoxy) is 9. The Balaban J connectivity index is 1.56. The molecule has 0 spiro atoms. The van der Waals surface area contributed by atoms with Gasteiger partial charge in [0, 0.05) is 125 Å². The summed E-state index contributed by atoms with van der Waals surface area (Å²) in [5, 5.41) is 116. The minimum absolute atomic E-state index is 0.0100. The Bertz CT molecular complexity index is 2520. The van der Waals surface area contributed by atoms with Crippen LogP contribution in [0.1, 0.15) is 215 Å². The second-order valence-electron chi connectivity index (χ2n) is 30.9. The Labute approximate surface area is 670 Å². The molecule has 3 rings (SSSR count). The number of nitrogens with one attached hydrogen (secondary N) is 9. The van der Waals surface area contributed by atoms with E-state index in [2.05, 4.69) is 68.6 Å². The van der Waals surface area contributed by atoms with Crippen molar-refractivity contribution in [2.45, 2.75) is 312 Å². The van der Waals surface area contributed by atoms with E-state index >= 15 is 0 Å². The van der Waals surface area contributed by atoms with Gasteiger partial charge in [-0.3, -0.25) is 47.9 Å². The standard InChI is InChI=1S/C77H139N9O28/c1-51(90)83-64-70(103)67(100)55(45-87)112-73(64)109-39-20-15-26-54(93)25-14-19-34-78-60(96)30-42-106-48-77(86-63(99)29-13-11-9-7-8-10-12-18-33-76(4,5)6,49-107-43-31-61(97)81-37-23-35-79-58(94)27-16-21-40-110-74-65(84-52(2)91)71(104)68(101)56(46-88)113-74)50-108-44-32-62(98)82-38-24-36-80-59(95)28-17-22-41-111-75-66(85-53(3)92)72(105)69(102)57(47-89)114-75/h55-57,64-75,87-89,100-105H,7-50H2,1-6H3,(H,78,96)(H,79,94)(H,80,95)(H,81,97)(H,82,98)(H,83,90)(H,84,91)(H,85,92)(H,86,99)/t55?,56?,57?,64?,65?,66?,67-,68-,69-,70-,71-,72-,73-,74-,75-,77?/m1/s1. The van der Waals surface area contributed by atoms with Crippen LogP contribution in [0.4, 0.5) is 0 Å². The van der Waals surface area contributed by atoms with E-state index in [1.165, 1.54) is 40.0 Å². The molecular formula is C77H139N9O28. The summed E-state index contributed by atoms with van der Waals surface area (Å²) in [7, 11) is 0. The molecule has 18 N–H and O–H groups in total. The van der Waals surface area contributed by atoms with Gasteiger partial charge in [-0.15, -0.1) is 0 Å². The normalized spacial score (nSPS) is 24.1. The monoisotopic (exact) mass is 1640 g/mol. The SMILES string of the molecule is CC(=O)NC1[C@H](OCCCCC(=O)CCCCNC(=O)CCOCC(COCCC(=O)NCCCNC(=O)CCCCO[C@@H]2OC(CO)[C@@H](O)[C@H](O)C2NC(C)=O)(COCCC(=O)NCCCNC(=O)CCCCO[C@@H]2OC(CO)[C@@H](O)[C@H](O)C2NC(C)=O)NC(=O)CCCCCCCCCCC(C)(C)C)OC(CO)[C@@H](O)[C@@H]1O. The number of hydrogen-bond donors (Lipinski definition) is 18. The van der Waals surface area contributed by atoms with Gasteiger partial charge in [-0.05, 0) is 82.5 Å². The van der Waals surface area contributed by atoms with Gasteiger partial charge in [-0.25, -0.2) is 0 Å². The lowest BCUT2D eigenvalue weighted by molar-refractivity contribution is -0.270. The molecule has 37 nitrogen and oxygen atoms in total. The number of unbranched alkanes of at least 4 members (excludes halogenated alkanes) is 11. The molecule has 114 heavy (non-hydrogen) atoms. The Morgan fingerprint density at radius 1 is 0.325 bits per heavy atom. The molecule has 3 heterocycles. The molecule has 3 saturated heterocycles. The van der Waals surface area contributed by atoms with Crippen molar-refractivity contribution in [1.82, 2.24) is 47.9 Å². The Kier molecular flexibility index (Phi) is 52.9. The third-order valence-corrected chi connectivity index (χ3v) is 19.3. The molecule has 3 aliphatic heterocycles. The van der Waals surface area contributed by atoms with Gasteiger partial charge in [0.15, 0.2) is 18.9 Å². The average Bonchev–Trinajstić information content (AvgIpc) is 0.815. The van der Waals surface area contributed by atoms with Crippen molar-refractivity contribution in [3.63, 3.8) is 0 Å². The molecule has 0 saturated carbocycles. The van der Waals surface area contributed by atoms with Crippen molar-refractivity contribution in [2.75, 3.05) is 112 Å². The van der Waals surface area contributed by atoms with Crippen LogP contribution >= 0.6 is 0 Å². The van der Waals surface area contributed by atoms with Crippen LogP contribution in [-0.4, -0.2) is 314 Å². The second kappa shape index (κ2) is 58.9. The van der Waals surface area contributed by atoms with Gasteiger partial charge in [0.25, 0.3) is 0 Å². The number of amides is 9. The van der Waals surface area contributed by atoms with Crippen LogP contribution in [-0.2, 0) is 90.6 Å². The van der Waals surface area contributed by atoms with Crippen LogP contribution in [0.3, 0.4) is 0 Å². The summed E-state index contributed by atoms with van der Waals surface area (Å²) in [4.78, 5) is 127. The Morgan fingerprint density at radius 3 is 0.930 bits per heavy atom. The van der Waals surface area contributed by atoms with Crippen LogP contribution in [0.25, 0.3) is 0 Å². The quantitative estimate of drug-likeness (QED) is 0.0308. The van der Waals surface area contributed by atoms with E-state index in [4.69, 9.17) is 42.6 Å². The molecule has 660 valence electrons. The highest BCUT2D eigenvalue weighted by Gasteiger charge is 2.48. The van der Waals surface area contributed by atoms with E-state index in [1.807, 2.05) is 0 Å². The summed E-state index contributed by atoms with van der Waals surface area (Å²) in [5.41, 5.74) is -1.08. The third kappa shape index (κ3) is 44.1. The van der Waals surface area contributed by atoms with Crippen LogP contribution in [0.15, 0.2) is 0 Å². The first-order valence-electron chi connectivity index (χ1n) is 40.9. The summed E-state index contributed by atoms with van der Waals surface area (Å²) in [6.45, 7) is 9.34. The number of aliphatic hydroxyl groups excluding tert-OH is 9. The number of aliphatic hydroxyl groups is 9. The van der Waals surface area contributed by atoms with E-state index in [0.29, 0.717) is 76.0 Å². The number of hydrogen-bond acceptors (Lipinski definition) is 28. The second-order valence-corrected chi connectivity index (χ2v) is 30.9. The molecule has 0 aromatic carbocycles. The van der Waals surface area contributed by atoms with Crippen molar-refractivity contribution >= 4 is 58.9 Å². The highest BCUT2D eigenvalue weighted by molar-refractivity contribution is 5.79. The number of carbonyl (C=O) groups excluding carboxylic acids is 10. The lowest BCUT2D eigenvalue weighted by Gasteiger charge is -2.42. The van der Waals surface area contributed by atoms with E-state index in [1.54, 1.807) is 0 Å². The third-order valence-electron chi connectivity index (χ3n) is 19.3. The van der Waals surface area contributed by atoms with Crippen molar-refractivity contribution in [1.29, 1.82) is 0 Å². The number of ketones is 1. The minimum Gasteiger partial charge on any atom is -0.394 e. The van der Waals surface area contributed by atoms with E-state index in [9.17, 15) is 93.9 Å². The van der Waals surface area contributed by atoms with E-state index in [0.717, 1.165) is 32.1 Å². The summed E-state index contributed by atoms with van der Waals surface area (Å²) >= 11 is 0. The average molecular weight is 1640 g/mol. The van der Waals surface area contributed by atoms with Crippen LogP contribution < -0.4 is 47.9 Å². The first-order valence-corrected chi connectivity index (χ1v) is 40.9. The van der Waals surface area contributed by atoms with Gasteiger partial charge < -0.3 is 136 Å². The summed E-state index contributed by atoms with van der Waals surface area (Å²) < 4.78 is 52.3. The van der Waals surface area contributed by atoms with Crippen molar-refractivity contribution in [3.8, 4) is 0 Å². The van der Waals surface area contributed by atoms with Gasteiger partial charge in [0.1, 0.15) is 84.4 Å². The Morgan fingerprint density at radius 2 is 0.605 bits per heavy atom. The molecule has 9 amide bonds. The molecule has 0 aromatic rings. The number of Topliss-reactive ketones (excluding diaryl/α,β-unsaturated/α-hetero) is 1. The van der Waals surface area contributed by atoms with E-state index < -0.39 is 135 Å². The van der Waals surface area contributed by atoms with Crippen molar-refractivity contribution in [2.24, 2.45) is 5.41 Å². The molecule has 0 aromatic heterocycles. The molecule has 0 aliphatic carbocycles. The maximum absolute atomic E-state index is 14.0. The largest absolute Gasteiger partial charge is 0.394 e. The highest BCUT2D eigenvalue weighted by atomic mass is 16.7. The molecular weight excluding hydrogens is 1500 g/mol. The van der Waals surface area contributed by atoms with Crippen molar-refractivity contribution in [3.05, 3.63) is 0 Å². The lowest BCUT2D eigenvalue weighted by atomic mass is 9.89. The van der Waals surface area contributed by atoms with Crippen molar-refractivity contribution < 1.29 is 137 Å².